The number of aromatic amines is 1. The number of nitrogens with one attached hydrogen (secondary N) is 4. The number of benzene rings is 1. The molecule has 13 heteroatoms. The second kappa shape index (κ2) is 14.1. The Kier molecular flexibility index (Phi) is 11.2. The predicted molar refractivity (Wildman–Crippen MR) is 137 cm³/mol. The van der Waals surface area contributed by atoms with Gasteiger partial charge in [0, 0.05) is 29.9 Å². The van der Waals surface area contributed by atoms with Crippen LogP contribution in [0.25, 0.3) is 10.9 Å². The Bertz CT molecular complexity index is 1150. The molecule has 0 saturated heterocycles. The second-order valence-corrected chi connectivity index (χ2v) is 9.11. The number of aromatic nitrogens is 1. The van der Waals surface area contributed by atoms with Gasteiger partial charge >= 0.3 is 11.9 Å². The maximum atomic E-state index is 13.2. The van der Waals surface area contributed by atoms with Crippen LogP contribution in [-0.2, 0) is 30.4 Å². The Balaban J connectivity index is 2.32. The number of nitrogens with two attached hydrogens (primary N) is 1. The molecule has 1 heterocycles. The molecule has 0 aliphatic carbocycles. The van der Waals surface area contributed by atoms with Crippen LogP contribution in [0.3, 0.4) is 0 Å². The number of H-pyrrole nitrogens is 1. The topological polar surface area (TPSA) is 224 Å². The summed E-state index contributed by atoms with van der Waals surface area (Å²) in [4.78, 5) is 64.5. The van der Waals surface area contributed by atoms with E-state index in [9.17, 15) is 34.2 Å². The molecule has 0 fully saturated rings. The highest BCUT2D eigenvalue weighted by Gasteiger charge is 2.31. The van der Waals surface area contributed by atoms with Gasteiger partial charge in [-0.15, -0.1) is 0 Å². The normalized spacial score (nSPS) is 15.1. The lowest BCUT2D eigenvalue weighted by Gasteiger charge is -2.25. The quantitative estimate of drug-likeness (QED) is 0.147. The third-order valence-electron chi connectivity index (χ3n) is 6.37. The number of carbonyl (C=O) groups excluding carboxylic acids is 3. The summed E-state index contributed by atoms with van der Waals surface area (Å²) in [6.07, 6.45) is 1.47. The number of carboxylic acids is 2. The monoisotopic (exact) mass is 533 g/mol. The van der Waals surface area contributed by atoms with Gasteiger partial charge < -0.3 is 42.0 Å². The number of aliphatic hydroxyl groups excluding tert-OH is 1. The molecule has 0 bridgehead atoms. The number of amides is 3. The molecule has 0 aliphatic heterocycles. The molecular formula is C25H35N5O8. The van der Waals surface area contributed by atoms with Crippen molar-refractivity contribution in [2.24, 2.45) is 11.7 Å². The first-order chi connectivity index (χ1) is 18.0. The first kappa shape index (κ1) is 30.3. The summed E-state index contributed by atoms with van der Waals surface area (Å²) < 4.78 is 0. The fourth-order valence-corrected chi connectivity index (χ4v) is 3.78. The minimum atomic E-state index is -1.61. The number of carboxylic acid groups (broad SMARTS) is 2. The highest BCUT2D eigenvalue weighted by atomic mass is 16.4. The number of carbonyl (C=O) groups is 5. The summed E-state index contributed by atoms with van der Waals surface area (Å²) in [6, 6.07) is 2.04. The van der Waals surface area contributed by atoms with Crippen LogP contribution in [0.2, 0.25) is 0 Å². The van der Waals surface area contributed by atoms with Gasteiger partial charge in [0.25, 0.3) is 0 Å². The van der Waals surface area contributed by atoms with E-state index in [1.54, 1.807) is 25.3 Å². The van der Waals surface area contributed by atoms with Crippen molar-refractivity contribution in [3.63, 3.8) is 0 Å². The number of hydrogen-bond donors (Lipinski definition) is 8. The van der Waals surface area contributed by atoms with Crippen molar-refractivity contribution in [2.45, 2.75) is 63.7 Å². The predicted octanol–water partition coefficient (Wildman–Crippen LogP) is -0.520. The van der Waals surface area contributed by atoms with Gasteiger partial charge in [0.05, 0.1) is 12.6 Å². The molecule has 38 heavy (non-hydrogen) atoms. The average molecular weight is 534 g/mol. The van der Waals surface area contributed by atoms with Gasteiger partial charge in [-0.3, -0.25) is 19.2 Å². The summed E-state index contributed by atoms with van der Waals surface area (Å²) in [5.41, 5.74) is 7.38. The molecule has 0 saturated carbocycles. The lowest BCUT2D eigenvalue weighted by Crippen LogP contribution is -2.58. The van der Waals surface area contributed by atoms with Crippen LogP contribution in [0.1, 0.15) is 38.7 Å². The molecule has 1 aromatic carbocycles. The third kappa shape index (κ3) is 8.28. The van der Waals surface area contributed by atoms with E-state index in [1.807, 2.05) is 19.1 Å². The smallest absolute Gasteiger partial charge is 0.328 e. The molecular weight excluding hydrogens is 498 g/mol. The van der Waals surface area contributed by atoms with Crippen LogP contribution in [-0.4, -0.2) is 80.7 Å². The van der Waals surface area contributed by atoms with Crippen molar-refractivity contribution in [1.29, 1.82) is 0 Å². The van der Waals surface area contributed by atoms with E-state index in [1.165, 1.54) is 0 Å². The van der Waals surface area contributed by atoms with Gasteiger partial charge in [-0.1, -0.05) is 38.5 Å². The molecule has 0 aliphatic rings. The van der Waals surface area contributed by atoms with Crippen molar-refractivity contribution in [1.82, 2.24) is 20.9 Å². The summed E-state index contributed by atoms with van der Waals surface area (Å²) in [7, 11) is 0. The van der Waals surface area contributed by atoms with E-state index >= 15 is 0 Å². The summed E-state index contributed by atoms with van der Waals surface area (Å²) in [5.74, 6) is -5.23. The zero-order chi connectivity index (χ0) is 28.4. The molecule has 0 spiro atoms. The molecule has 3 amide bonds. The highest BCUT2D eigenvalue weighted by molar-refractivity contribution is 5.95. The molecule has 5 atom stereocenters. The molecule has 2 rings (SSSR count). The van der Waals surface area contributed by atoms with E-state index < -0.39 is 66.9 Å². The van der Waals surface area contributed by atoms with Crippen molar-refractivity contribution in [3.05, 3.63) is 36.0 Å². The first-order valence-corrected chi connectivity index (χ1v) is 12.3. The molecule has 13 nitrogen and oxygen atoms in total. The number of aliphatic hydroxyl groups is 1. The van der Waals surface area contributed by atoms with E-state index in [2.05, 4.69) is 20.9 Å². The van der Waals surface area contributed by atoms with Crippen molar-refractivity contribution >= 4 is 40.6 Å². The maximum absolute atomic E-state index is 13.2. The zero-order valence-electron chi connectivity index (χ0n) is 21.3. The number of para-hydroxylation sites is 1. The van der Waals surface area contributed by atoms with Crippen LogP contribution < -0.4 is 21.7 Å². The summed E-state index contributed by atoms with van der Waals surface area (Å²) >= 11 is 0. The van der Waals surface area contributed by atoms with Crippen LogP contribution in [0, 0.1) is 5.92 Å². The third-order valence-corrected chi connectivity index (χ3v) is 6.37. The van der Waals surface area contributed by atoms with Crippen LogP contribution in [0.15, 0.2) is 30.5 Å². The van der Waals surface area contributed by atoms with Crippen LogP contribution >= 0.6 is 0 Å². The summed E-state index contributed by atoms with van der Waals surface area (Å²) in [6.45, 7) is 2.73. The van der Waals surface area contributed by atoms with Gasteiger partial charge in [0.2, 0.25) is 17.7 Å². The Morgan fingerprint density at radius 1 is 0.947 bits per heavy atom. The molecule has 5 unspecified atom stereocenters. The summed E-state index contributed by atoms with van der Waals surface area (Å²) in [5, 5.41) is 35.6. The van der Waals surface area contributed by atoms with Gasteiger partial charge in [-0.2, -0.15) is 0 Å². The Hall–Kier alpha value is -3.97. The van der Waals surface area contributed by atoms with E-state index in [0.29, 0.717) is 12.0 Å². The highest BCUT2D eigenvalue weighted by Crippen LogP contribution is 2.19. The fourth-order valence-electron chi connectivity index (χ4n) is 3.78. The molecule has 2 aromatic rings. The van der Waals surface area contributed by atoms with Gasteiger partial charge in [0.15, 0.2) is 0 Å². The molecule has 9 N–H and O–H groups in total. The number of fused-ring (bicyclic) bond motifs is 1. The largest absolute Gasteiger partial charge is 0.481 e. The van der Waals surface area contributed by atoms with E-state index in [4.69, 9.17) is 10.8 Å². The van der Waals surface area contributed by atoms with E-state index in [-0.39, 0.29) is 18.8 Å². The zero-order valence-corrected chi connectivity index (χ0v) is 21.3. The van der Waals surface area contributed by atoms with Gasteiger partial charge in [-0.05, 0) is 24.0 Å². The second-order valence-electron chi connectivity index (χ2n) is 9.11. The number of aliphatic carboxylic acids is 2. The Labute approximate surface area is 219 Å². The Morgan fingerprint density at radius 3 is 2.16 bits per heavy atom. The lowest BCUT2D eigenvalue weighted by atomic mass is 9.98. The molecule has 0 radical (unpaired) electrons. The fraction of sp³-hybridized carbons (Fsp3) is 0.480. The van der Waals surface area contributed by atoms with Gasteiger partial charge in [0.1, 0.15) is 18.1 Å². The lowest BCUT2D eigenvalue weighted by molar-refractivity contribution is -0.143. The van der Waals surface area contributed by atoms with Crippen LogP contribution in [0.5, 0.6) is 0 Å². The van der Waals surface area contributed by atoms with Crippen LogP contribution in [0.4, 0.5) is 0 Å². The standard InChI is InChI=1S/C25H35N5O8/c1-3-13(2)21(26)24(36)28-17(8-9-20(32)33)22(34)29-18(23(35)30-19(12-31)25(37)38)10-14-11-27-16-7-5-4-6-15(14)16/h4-7,11,13,17-19,21,27,31H,3,8-10,12,26H2,1-2H3,(H,28,36)(H,29,34)(H,30,35)(H,32,33)(H,37,38). The minimum Gasteiger partial charge on any atom is -0.481 e. The maximum Gasteiger partial charge on any atom is 0.328 e. The first-order valence-electron chi connectivity index (χ1n) is 12.3. The van der Waals surface area contributed by atoms with Crippen molar-refractivity contribution < 1.29 is 39.3 Å². The molecule has 208 valence electrons. The van der Waals surface area contributed by atoms with E-state index in [0.717, 1.165) is 10.9 Å². The SMILES string of the molecule is CCC(C)C(N)C(=O)NC(CCC(=O)O)C(=O)NC(Cc1c[nH]c2ccccc12)C(=O)NC(CO)C(=O)O. The number of rotatable bonds is 15. The van der Waals surface area contributed by atoms with Gasteiger partial charge in [-0.25, -0.2) is 4.79 Å². The number of hydrogen-bond acceptors (Lipinski definition) is 7. The average Bonchev–Trinajstić information content (AvgIpc) is 3.30. The minimum absolute atomic E-state index is 0.0642. The molecule has 1 aromatic heterocycles. The Morgan fingerprint density at radius 2 is 1.55 bits per heavy atom. The van der Waals surface area contributed by atoms with Crippen molar-refractivity contribution in [3.8, 4) is 0 Å². The van der Waals surface area contributed by atoms with Crippen molar-refractivity contribution in [2.75, 3.05) is 6.61 Å².